The van der Waals surface area contributed by atoms with E-state index in [-0.39, 0.29) is 77.3 Å². The normalized spacial score (nSPS) is 15.7. The monoisotopic (exact) mass is 775 g/mol. The van der Waals surface area contributed by atoms with Crippen LogP contribution in [-0.4, -0.2) is 78.0 Å². The van der Waals surface area contributed by atoms with Crippen molar-refractivity contribution >= 4 is 23.8 Å². The van der Waals surface area contributed by atoms with E-state index in [4.69, 9.17) is 19.6 Å². The summed E-state index contributed by atoms with van der Waals surface area (Å²) in [7, 11) is 0. The maximum absolute atomic E-state index is 14.4. The third-order valence-corrected chi connectivity index (χ3v) is 9.79. The molecule has 2 aromatic carbocycles. The number of benzene rings is 2. The first kappa shape index (κ1) is 40.8. The van der Waals surface area contributed by atoms with E-state index < -0.39 is 41.3 Å². The van der Waals surface area contributed by atoms with Crippen molar-refractivity contribution in [2.75, 3.05) is 32.8 Å². The number of unbranched alkanes of at least 4 members (excludes halogenated alkanes) is 1. The van der Waals surface area contributed by atoms with Gasteiger partial charge < -0.3 is 39.5 Å². The second-order valence-electron chi connectivity index (χ2n) is 14.6. The molecule has 1 unspecified atom stereocenters. The van der Waals surface area contributed by atoms with Gasteiger partial charge in [0.25, 0.3) is 5.91 Å². The lowest BCUT2D eigenvalue weighted by Gasteiger charge is -2.38. The lowest BCUT2D eigenvalue weighted by Crippen LogP contribution is -2.51. The van der Waals surface area contributed by atoms with Gasteiger partial charge in [0.15, 0.2) is 28.6 Å². The molecular weight excluding hydrogens is 730 g/mol. The minimum Gasteiger partial charge on any atom is -0.490 e. The van der Waals surface area contributed by atoms with Crippen molar-refractivity contribution in [2.45, 2.75) is 78.6 Å². The highest BCUT2D eigenvalue weighted by Crippen LogP contribution is 2.45. The van der Waals surface area contributed by atoms with E-state index >= 15 is 0 Å². The number of nitrogens with one attached hydrogen (secondary N) is 1. The maximum Gasteiger partial charge on any atom is 0.405 e. The van der Waals surface area contributed by atoms with Crippen molar-refractivity contribution in [3.8, 4) is 23.0 Å². The number of nitrogens with two attached hydrogens (primary N) is 1. The number of hydrogen-bond donors (Lipinski definition) is 2. The number of oxazole rings is 1. The number of carbonyl (C=O) groups excluding carboxylic acids is 4. The molecule has 3 N–H and O–H groups in total. The second kappa shape index (κ2) is 17.0. The van der Waals surface area contributed by atoms with E-state index in [1.165, 1.54) is 31.2 Å². The summed E-state index contributed by atoms with van der Waals surface area (Å²) in [5.41, 5.74) is 2.55. The molecule has 17 heteroatoms. The number of amides is 4. The minimum atomic E-state index is -3.18. The fourth-order valence-corrected chi connectivity index (χ4v) is 6.02. The number of carbonyl (C=O) groups is 4. The fraction of sp³-hybridized carbons (Fsp3) is 0.500. The van der Waals surface area contributed by atoms with Gasteiger partial charge in [-0.2, -0.15) is 8.78 Å². The average molecular weight is 776 g/mol. The van der Waals surface area contributed by atoms with Crippen LogP contribution in [0.25, 0.3) is 11.5 Å². The summed E-state index contributed by atoms with van der Waals surface area (Å²) >= 11 is 0. The van der Waals surface area contributed by atoms with Crippen LogP contribution in [0.2, 0.25) is 0 Å². The summed E-state index contributed by atoms with van der Waals surface area (Å²) in [6, 6.07) is 6.74. The van der Waals surface area contributed by atoms with Crippen molar-refractivity contribution in [1.29, 1.82) is 0 Å². The molecule has 1 saturated heterocycles. The third-order valence-electron chi connectivity index (χ3n) is 9.79. The molecule has 4 amide bonds. The quantitative estimate of drug-likeness (QED) is 0.136. The highest BCUT2D eigenvalue weighted by Gasteiger charge is 2.49. The van der Waals surface area contributed by atoms with Crippen LogP contribution >= 0.6 is 0 Å². The molecule has 2 fully saturated rings. The summed E-state index contributed by atoms with van der Waals surface area (Å²) < 4.78 is 76.7. The van der Waals surface area contributed by atoms with Gasteiger partial charge in [0, 0.05) is 67.7 Å². The van der Waals surface area contributed by atoms with Crippen molar-refractivity contribution in [3.05, 3.63) is 65.1 Å². The molecule has 1 aromatic heterocycles. The number of aromatic nitrogens is 1. The van der Waals surface area contributed by atoms with Crippen molar-refractivity contribution in [2.24, 2.45) is 17.1 Å². The van der Waals surface area contributed by atoms with Crippen LogP contribution in [0.5, 0.6) is 11.5 Å². The van der Waals surface area contributed by atoms with Crippen molar-refractivity contribution < 1.29 is 55.4 Å². The van der Waals surface area contributed by atoms with Crippen LogP contribution in [0.1, 0.15) is 81.6 Å². The largest absolute Gasteiger partial charge is 0.490 e. The van der Waals surface area contributed by atoms with E-state index in [2.05, 4.69) is 15.0 Å². The molecule has 0 bridgehead atoms. The number of nitrogens with zero attached hydrogens (tertiary/aromatic N) is 3. The van der Waals surface area contributed by atoms with Gasteiger partial charge in [0.2, 0.25) is 17.7 Å². The Balaban J connectivity index is 1.32. The van der Waals surface area contributed by atoms with E-state index in [9.17, 15) is 36.7 Å². The van der Waals surface area contributed by atoms with Gasteiger partial charge in [-0.25, -0.2) is 18.6 Å². The molecule has 5 rings (SSSR count). The Kier molecular flexibility index (Phi) is 12.6. The Morgan fingerprint density at radius 3 is 2.27 bits per heavy atom. The standard InChI is InChI=1S/C38H45F4N5O8/c1-37(2,3)38(4,55-36(43)51)31-30(32(49)44-21-24-10-12-25(39)20-26(24)40)45-33(54-31)23-11-13-27(53-35(41)42)28(19-23)52-18-6-5-7-29(48)46-14-16-47(17-15-46)34(50)22-8-9-22/h10-13,19-20,22,35H,5-9,14-18,21H2,1-4H3,(H2,43,51)(H,44,49). The number of alkyl halides is 2. The number of rotatable bonds is 15. The molecule has 1 aliphatic heterocycles. The van der Waals surface area contributed by atoms with Crippen LogP contribution in [-0.2, 0) is 26.5 Å². The Labute approximate surface area is 315 Å². The van der Waals surface area contributed by atoms with Gasteiger partial charge in [0.1, 0.15) is 11.6 Å². The van der Waals surface area contributed by atoms with E-state index in [0.717, 1.165) is 18.9 Å². The Bertz CT molecular complexity index is 1890. The van der Waals surface area contributed by atoms with Crippen molar-refractivity contribution in [3.63, 3.8) is 0 Å². The fourth-order valence-electron chi connectivity index (χ4n) is 6.02. The van der Waals surface area contributed by atoms with Gasteiger partial charge in [0.05, 0.1) is 6.61 Å². The van der Waals surface area contributed by atoms with Gasteiger partial charge in [-0.3, -0.25) is 14.4 Å². The third kappa shape index (κ3) is 10.0. The van der Waals surface area contributed by atoms with Gasteiger partial charge in [-0.1, -0.05) is 26.8 Å². The molecule has 298 valence electrons. The highest BCUT2D eigenvalue weighted by atomic mass is 19.3. The lowest BCUT2D eigenvalue weighted by molar-refractivity contribution is -0.140. The topological polar surface area (TPSA) is 167 Å². The zero-order valence-corrected chi connectivity index (χ0v) is 31.1. The summed E-state index contributed by atoms with van der Waals surface area (Å²) in [6.45, 7) is 4.99. The second-order valence-corrected chi connectivity index (χ2v) is 14.6. The summed E-state index contributed by atoms with van der Waals surface area (Å²) in [5.74, 6) is -3.13. The first-order chi connectivity index (χ1) is 26.0. The van der Waals surface area contributed by atoms with Gasteiger partial charge in [-0.05, 0) is 56.9 Å². The van der Waals surface area contributed by atoms with Crippen molar-refractivity contribution in [1.82, 2.24) is 20.1 Å². The van der Waals surface area contributed by atoms with E-state index in [1.807, 2.05) is 4.90 Å². The Morgan fingerprint density at radius 1 is 0.964 bits per heavy atom. The number of primary amides is 1. The minimum absolute atomic E-state index is 0.0209. The van der Waals surface area contributed by atoms with Gasteiger partial charge >= 0.3 is 12.7 Å². The first-order valence-electron chi connectivity index (χ1n) is 18.0. The molecule has 2 heterocycles. The molecule has 13 nitrogen and oxygen atoms in total. The zero-order chi connectivity index (χ0) is 40.1. The molecule has 0 spiro atoms. The Hall–Kier alpha value is -5.35. The lowest BCUT2D eigenvalue weighted by atomic mass is 9.75. The maximum atomic E-state index is 14.4. The first-order valence-corrected chi connectivity index (χ1v) is 18.0. The number of hydrogen-bond acceptors (Lipinski definition) is 9. The average Bonchev–Trinajstić information content (AvgIpc) is 3.87. The van der Waals surface area contributed by atoms with E-state index in [0.29, 0.717) is 45.1 Å². The molecule has 1 saturated carbocycles. The van der Waals surface area contributed by atoms with Crippen LogP contribution in [0, 0.1) is 23.0 Å². The molecule has 1 atom stereocenters. The smallest absolute Gasteiger partial charge is 0.405 e. The zero-order valence-electron chi connectivity index (χ0n) is 31.1. The molecule has 0 radical (unpaired) electrons. The number of halogens is 4. The molecule has 3 aromatic rings. The molecular formula is C38H45F4N5O8. The van der Waals surface area contributed by atoms with Crippen LogP contribution < -0.4 is 20.5 Å². The van der Waals surface area contributed by atoms with E-state index in [1.54, 1.807) is 25.7 Å². The Morgan fingerprint density at radius 2 is 1.65 bits per heavy atom. The number of piperazine rings is 1. The van der Waals surface area contributed by atoms with Crippen LogP contribution in [0.4, 0.5) is 22.4 Å². The molecule has 2 aliphatic rings. The van der Waals surface area contributed by atoms with Crippen LogP contribution in [0.3, 0.4) is 0 Å². The molecule has 1 aliphatic carbocycles. The summed E-state index contributed by atoms with van der Waals surface area (Å²) in [6.07, 6.45) is 1.74. The number of ether oxygens (including phenoxy) is 3. The van der Waals surface area contributed by atoms with Gasteiger partial charge in [-0.15, -0.1) is 0 Å². The summed E-state index contributed by atoms with van der Waals surface area (Å²) in [4.78, 5) is 58.8. The predicted octanol–water partition coefficient (Wildman–Crippen LogP) is 6.14. The highest BCUT2D eigenvalue weighted by molar-refractivity contribution is 5.94. The summed E-state index contributed by atoms with van der Waals surface area (Å²) in [5, 5.41) is 2.51. The van der Waals surface area contributed by atoms with Crippen LogP contribution in [0.15, 0.2) is 40.8 Å². The SMILES string of the molecule is CC(C)(C)C(C)(OC(N)=O)c1oc(-c2ccc(OC(F)F)c(OCCCCC(=O)N3CCN(C(=O)C4CC4)CC3)c2)nc1C(=O)NCc1ccc(F)cc1F. The predicted molar refractivity (Wildman–Crippen MR) is 189 cm³/mol. The molecule has 55 heavy (non-hydrogen) atoms.